The summed E-state index contributed by atoms with van der Waals surface area (Å²) in [7, 11) is 0. The Kier molecular flexibility index (Phi) is 2.87. The average molecular weight is 285 g/mol. The molecule has 1 saturated carbocycles. The molecule has 2 fully saturated rings. The van der Waals surface area contributed by atoms with Crippen molar-refractivity contribution in [2.75, 3.05) is 13.1 Å². The van der Waals surface area contributed by atoms with Crippen LogP contribution in [0.1, 0.15) is 25.7 Å². The molecule has 1 saturated heterocycles. The SMILES string of the molecule is O=C(N1CC2CCCCC2C1)n1nc(O)c2ccccc21. The lowest BCUT2D eigenvalue weighted by Crippen LogP contribution is -2.33. The highest BCUT2D eigenvalue weighted by molar-refractivity contribution is 5.93. The average Bonchev–Trinajstić information content (AvgIpc) is 3.09. The Bertz CT molecular complexity index is 680. The quantitative estimate of drug-likeness (QED) is 0.809. The first kappa shape index (κ1) is 12.7. The van der Waals surface area contributed by atoms with Crippen LogP contribution in [-0.2, 0) is 0 Å². The molecule has 1 aromatic carbocycles. The second kappa shape index (κ2) is 4.76. The lowest BCUT2D eigenvalue weighted by atomic mass is 9.82. The molecule has 2 heterocycles. The summed E-state index contributed by atoms with van der Waals surface area (Å²) in [5, 5.41) is 14.5. The summed E-state index contributed by atoms with van der Waals surface area (Å²) in [6, 6.07) is 7.19. The smallest absolute Gasteiger partial charge is 0.345 e. The Morgan fingerprint density at radius 2 is 1.81 bits per heavy atom. The van der Waals surface area contributed by atoms with Crippen LogP contribution in [0.2, 0.25) is 0 Å². The monoisotopic (exact) mass is 285 g/mol. The van der Waals surface area contributed by atoms with Gasteiger partial charge in [-0.05, 0) is 36.8 Å². The normalized spacial score (nSPS) is 25.2. The molecule has 5 nitrogen and oxygen atoms in total. The fraction of sp³-hybridized carbons (Fsp3) is 0.500. The molecular formula is C16H19N3O2. The van der Waals surface area contributed by atoms with Gasteiger partial charge in [-0.15, -0.1) is 5.10 Å². The van der Waals surface area contributed by atoms with Crippen molar-refractivity contribution in [3.05, 3.63) is 24.3 Å². The maximum absolute atomic E-state index is 12.7. The van der Waals surface area contributed by atoms with E-state index >= 15 is 0 Å². The van der Waals surface area contributed by atoms with Crippen LogP contribution in [0.3, 0.4) is 0 Å². The fourth-order valence-electron chi connectivity index (χ4n) is 3.89. The molecule has 110 valence electrons. The van der Waals surface area contributed by atoms with Crippen LogP contribution in [-0.4, -0.2) is 38.9 Å². The Morgan fingerprint density at radius 1 is 1.14 bits per heavy atom. The predicted octanol–water partition coefficient (Wildman–Crippen LogP) is 2.83. The summed E-state index contributed by atoms with van der Waals surface area (Å²) < 4.78 is 1.35. The molecule has 2 atom stereocenters. The van der Waals surface area contributed by atoms with Crippen molar-refractivity contribution in [2.45, 2.75) is 25.7 Å². The van der Waals surface area contributed by atoms with E-state index in [1.54, 1.807) is 6.07 Å². The molecular weight excluding hydrogens is 266 g/mol. The van der Waals surface area contributed by atoms with Gasteiger partial charge in [-0.2, -0.15) is 4.68 Å². The largest absolute Gasteiger partial charge is 0.492 e. The van der Waals surface area contributed by atoms with Gasteiger partial charge in [0.15, 0.2) is 0 Å². The van der Waals surface area contributed by atoms with Gasteiger partial charge >= 0.3 is 6.03 Å². The van der Waals surface area contributed by atoms with Gasteiger partial charge in [0.1, 0.15) is 0 Å². The lowest BCUT2D eigenvalue weighted by molar-refractivity contribution is 0.205. The summed E-state index contributed by atoms with van der Waals surface area (Å²) in [6.07, 6.45) is 5.04. The van der Waals surface area contributed by atoms with Crippen molar-refractivity contribution in [1.29, 1.82) is 0 Å². The van der Waals surface area contributed by atoms with Crippen LogP contribution in [0, 0.1) is 11.8 Å². The van der Waals surface area contributed by atoms with Crippen molar-refractivity contribution in [3.63, 3.8) is 0 Å². The zero-order valence-electron chi connectivity index (χ0n) is 11.9. The summed E-state index contributed by atoms with van der Waals surface area (Å²) in [5.74, 6) is 1.23. The van der Waals surface area contributed by atoms with Gasteiger partial charge in [0.25, 0.3) is 0 Å². The molecule has 1 amide bonds. The van der Waals surface area contributed by atoms with Crippen LogP contribution in [0.4, 0.5) is 4.79 Å². The van der Waals surface area contributed by atoms with Crippen LogP contribution < -0.4 is 0 Å². The molecule has 21 heavy (non-hydrogen) atoms. The Morgan fingerprint density at radius 3 is 2.52 bits per heavy atom. The molecule has 5 heteroatoms. The van der Waals surface area contributed by atoms with Gasteiger partial charge in [-0.25, -0.2) is 4.79 Å². The standard InChI is InChI=1S/C16H19N3O2/c20-15-13-7-3-4-8-14(13)19(17-15)16(21)18-9-11-5-1-2-6-12(11)10-18/h3-4,7-8,11-12H,1-2,5-6,9-10H2,(H,17,20). The van der Waals surface area contributed by atoms with Gasteiger partial charge in [-0.3, -0.25) is 0 Å². The fourth-order valence-corrected chi connectivity index (χ4v) is 3.89. The predicted molar refractivity (Wildman–Crippen MR) is 79.2 cm³/mol. The molecule has 1 aliphatic heterocycles. The van der Waals surface area contributed by atoms with E-state index in [-0.39, 0.29) is 11.9 Å². The lowest BCUT2D eigenvalue weighted by Gasteiger charge is -2.22. The molecule has 4 rings (SSSR count). The molecule has 1 N–H and O–H groups in total. The number of likely N-dealkylation sites (tertiary alicyclic amines) is 1. The van der Waals surface area contributed by atoms with Gasteiger partial charge in [-0.1, -0.05) is 25.0 Å². The molecule has 2 aromatic rings. The summed E-state index contributed by atoms with van der Waals surface area (Å²) in [5.41, 5.74) is 0.676. The Balaban J connectivity index is 1.65. The summed E-state index contributed by atoms with van der Waals surface area (Å²) in [6.45, 7) is 1.66. The number of nitrogens with zero attached hydrogens (tertiary/aromatic N) is 3. The number of hydrogen-bond acceptors (Lipinski definition) is 3. The van der Waals surface area contributed by atoms with E-state index in [0.717, 1.165) is 13.1 Å². The molecule has 2 aliphatic rings. The van der Waals surface area contributed by atoms with E-state index < -0.39 is 0 Å². The Hall–Kier alpha value is -2.04. The van der Waals surface area contributed by atoms with E-state index in [1.807, 2.05) is 23.1 Å². The second-order valence-electron chi connectivity index (χ2n) is 6.24. The number of carbonyl (C=O) groups excluding carboxylic acids is 1. The molecule has 1 aromatic heterocycles. The molecule has 0 radical (unpaired) electrons. The highest BCUT2D eigenvalue weighted by atomic mass is 16.3. The topological polar surface area (TPSA) is 58.4 Å². The van der Waals surface area contributed by atoms with Crippen LogP contribution >= 0.6 is 0 Å². The van der Waals surface area contributed by atoms with Gasteiger partial charge in [0.05, 0.1) is 10.9 Å². The van der Waals surface area contributed by atoms with Gasteiger partial charge in [0.2, 0.25) is 5.88 Å². The highest BCUT2D eigenvalue weighted by Gasteiger charge is 2.37. The molecule has 0 bridgehead atoms. The van der Waals surface area contributed by atoms with E-state index in [1.165, 1.54) is 30.4 Å². The number of benzene rings is 1. The minimum absolute atomic E-state index is 0.0736. The number of fused-ring (bicyclic) bond motifs is 2. The van der Waals surface area contributed by atoms with Crippen molar-refractivity contribution in [1.82, 2.24) is 14.7 Å². The van der Waals surface area contributed by atoms with Crippen molar-refractivity contribution in [3.8, 4) is 5.88 Å². The van der Waals surface area contributed by atoms with Crippen molar-refractivity contribution >= 4 is 16.9 Å². The van der Waals surface area contributed by atoms with E-state index in [9.17, 15) is 9.90 Å². The molecule has 1 aliphatic carbocycles. The Labute approximate surface area is 123 Å². The maximum atomic E-state index is 12.7. The number of hydrogen-bond donors (Lipinski definition) is 1. The number of para-hydroxylation sites is 1. The maximum Gasteiger partial charge on any atom is 0.345 e. The van der Waals surface area contributed by atoms with Crippen LogP contribution in [0.25, 0.3) is 10.9 Å². The highest BCUT2D eigenvalue weighted by Crippen LogP contribution is 2.36. The van der Waals surface area contributed by atoms with Crippen LogP contribution in [0.15, 0.2) is 24.3 Å². The zero-order valence-corrected chi connectivity index (χ0v) is 11.9. The number of aromatic nitrogens is 2. The third-order valence-electron chi connectivity index (χ3n) is 5.00. The zero-order chi connectivity index (χ0) is 14.4. The van der Waals surface area contributed by atoms with E-state index in [2.05, 4.69) is 5.10 Å². The first-order chi connectivity index (χ1) is 10.2. The number of amides is 1. The third-order valence-corrected chi connectivity index (χ3v) is 5.00. The first-order valence-electron chi connectivity index (χ1n) is 7.70. The minimum atomic E-state index is -0.110. The van der Waals surface area contributed by atoms with Crippen LogP contribution in [0.5, 0.6) is 5.88 Å². The van der Waals surface area contributed by atoms with Crippen molar-refractivity contribution in [2.24, 2.45) is 11.8 Å². The van der Waals surface area contributed by atoms with Gasteiger partial charge < -0.3 is 10.0 Å². The summed E-state index contributed by atoms with van der Waals surface area (Å²) in [4.78, 5) is 14.6. The van der Waals surface area contributed by atoms with E-state index in [0.29, 0.717) is 22.7 Å². The molecule has 2 unspecified atom stereocenters. The number of carbonyl (C=O) groups is 1. The third kappa shape index (κ3) is 1.99. The summed E-state index contributed by atoms with van der Waals surface area (Å²) >= 11 is 0. The number of aromatic hydroxyl groups is 1. The van der Waals surface area contributed by atoms with E-state index in [4.69, 9.17) is 0 Å². The van der Waals surface area contributed by atoms with Crippen molar-refractivity contribution < 1.29 is 9.90 Å². The van der Waals surface area contributed by atoms with Gasteiger partial charge in [0, 0.05) is 13.1 Å². The first-order valence-corrected chi connectivity index (χ1v) is 7.70. The second-order valence-corrected chi connectivity index (χ2v) is 6.24. The number of rotatable bonds is 0. The molecule has 0 spiro atoms. The minimum Gasteiger partial charge on any atom is -0.492 e.